The Bertz CT molecular complexity index is 1040. The maximum atomic E-state index is 12.5. The van der Waals surface area contributed by atoms with E-state index >= 15 is 0 Å². The maximum absolute atomic E-state index is 12.5. The van der Waals surface area contributed by atoms with Gasteiger partial charge in [-0.2, -0.15) is 0 Å². The number of nitrogens with one attached hydrogen (secondary N) is 1. The van der Waals surface area contributed by atoms with Crippen LogP contribution in [0.25, 0.3) is 0 Å². The van der Waals surface area contributed by atoms with E-state index in [2.05, 4.69) is 55.6 Å². The summed E-state index contributed by atoms with van der Waals surface area (Å²) < 4.78 is 5.42. The highest BCUT2D eigenvalue weighted by atomic mass is 16.5. The van der Waals surface area contributed by atoms with E-state index in [0.29, 0.717) is 25.9 Å². The number of ether oxygens (including phenoxy) is 1. The number of esters is 1. The van der Waals surface area contributed by atoms with Gasteiger partial charge in [-0.25, -0.2) is 0 Å². The van der Waals surface area contributed by atoms with E-state index in [1.807, 2.05) is 0 Å². The third kappa shape index (κ3) is 49.5. The van der Waals surface area contributed by atoms with Gasteiger partial charge in [0, 0.05) is 12.8 Å². The normalized spacial score (nSPS) is 12.9. The Kier molecular flexibility index (Phi) is 52.1. The second-order valence-corrected chi connectivity index (χ2v) is 19.3. The fraction of sp³-hybridized carbons (Fsp3) is 0.862. The Hall–Kier alpha value is -1.92. The van der Waals surface area contributed by atoms with Crippen molar-refractivity contribution in [1.29, 1.82) is 0 Å². The van der Waals surface area contributed by atoms with Crippen molar-refractivity contribution in [2.24, 2.45) is 0 Å². The Morgan fingerprint density at radius 1 is 0.438 bits per heavy atom. The molecular weight excluding hydrogens is 791 g/mol. The quantitative estimate of drug-likeness (QED) is 0.0321. The molecule has 6 heteroatoms. The minimum Gasteiger partial charge on any atom is -0.466 e. The molecule has 0 aromatic heterocycles. The Morgan fingerprint density at radius 3 is 1.27 bits per heavy atom. The van der Waals surface area contributed by atoms with Crippen molar-refractivity contribution < 1.29 is 24.5 Å². The van der Waals surface area contributed by atoms with Crippen molar-refractivity contribution in [3.8, 4) is 0 Å². The first-order valence-corrected chi connectivity index (χ1v) is 28.2. The highest BCUT2D eigenvalue weighted by Crippen LogP contribution is 2.17. The fourth-order valence-corrected chi connectivity index (χ4v) is 8.55. The second kappa shape index (κ2) is 53.7. The van der Waals surface area contributed by atoms with Crippen molar-refractivity contribution in [2.75, 3.05) is 13.2 Å². The van der Waals surface area contributed by atoms with Crippen LogP contribution in [0.2, 0.25) is 0 Å². The number of allylic oxidation sites excluding steroid dienone is 6. The van der Waals surface area contributed by atoms with Crippen LogP contribution in [0, 0.1) is 0 Å². The van der Waals surface area contributed by atoms with Crippen molar-refractivity contribution in [3.05, 3.63) is 36.5 Å². The zero-order chi connectivity index (χ0) is 46.5. The summed E-state index contributed by atoms with van der Waals surface area (Å²) in [5, 5.41) is 23.3. The minimum absolute atomic E-state index is 0.0512. The SMILES string of the molecule is CCC/C=C\C/C=C\CCCCCCCC(=O)OCCCC/C=C\CCCCCCC(=O)NC(CO)C(O)CCCCCCCCCCCCCCCCCCCCCCCCCC. The lowest BCUT2D eigenvalue weighted by molar-refractivity contribution is -0.143. The monoisotopic (exact) mass is 900 g/mol. The molecule has 64 heavy (non-hydrogen) atoms. The smallest absolute Gasteiger partial charge is 0.305 e. The molecule has 0 bridgehead atoms. The molecule has 0 spiro atoms. The summed E-state index contributed by atoms with van der Waals surface area (Å²) in [6.45, 7) is 4.80. The summed E-state index contributed by atoms with van der Waals surface area (Å²) in [5.41, 5.74) is 0. The van der Waals surface area contributed by atoms with E-state index in [4.69, 9.17) is 4.74 Å². The molecule has 0 saturated heterocycles. The van der Waals surface area contributed by atoms with Crippen LogP contribution < -0.4 is 5.32 Å². The van der Waals surface area contributed by atoms with E-state index in [9.17, 15) is 19.8 Å². The Labute approximate surface area is 398 Å². The van der Waals surface area contributed by atoms with Gasteiger partial charge in [-0.1, -0.05) is 243 Å². The second-order valence-electron chi connectivity index (χ2n) is 19.3. The molecule has 0 heterocycles. The van der Waals surface area contributed by atoms with Crippen molar-refractivity contribution in [3.63, 3.8) is 0 Å². The summed E-state index contributed by atoms with van der Waals surface area (Å²) in [5.74, 6) is -0.121. The number of aliphatic hydroxyl groups excluding tert-OH is 2. The summed E-state index contributed by atoms with van der Waals surface area (Å²) in [7, 11) is 0. The van der Waals surface area contributed by atoms with Crippen molar-refractivity contribution in [2.45, 2.75) is 309 Å². The standard InChI is InChI=1S/C58H109NO5/c1-3-5-7-9-11-13-15-17-18-19-20-21-22-23-24-25-26-27-29-30-34-38-42-46-50-56(61)55(54-60)59-57(62)51-47-43-39-35-32-33-37-41-45-49-53-64-58(63)52-48-44-40-36-31-28-16-14-12-10-8-6-4-2/h8,10,14,16,33,37,55-56,60-61H,3-7,9,11-13,15,17-32,34-36,38-54H2,1-2H3,(H,59,62)/b10-8-,16-14-,37-33-. The van der Waals surface area contributed by atoms with Gasteiger partial charge in [-0.15, -0.1) is 0 Å². The first kappa shape index (κ1) is 62.1. The van der Waals surface area contributed by atoms with Crippen LogP contribution in [-0.2, 0) is 14.3 Å². The summed E-state index contributed by atoms with van der Waals surface area (Å²) in [6.07, 6.45) is 65.7. The van der Waals surface area contributed by atoms with Crippen LogP contribution in [-0.4, -0.2) is 47.4 Å². The highest BCUT2D eigenvalue weighted by Gasteiger charge is 2.20. The number of hydrogen-bond acceptors (Lipinski definition) is 5. The molecule has 3 N–H and O–H groups in total. The third-order valence-corrected chi connectivity index (χ3v) is 12.9. The van der Waals surface area contributed by atoms with E-state index in [1.165, 1.54) is 173 Å². The Morgan fingerprint density at radius 2 is 0.812 bits per heavy atom. The molecule has 2 atom stereocenters. The van der Waals surface area contributed by atoms with Gasteiger partial charge in [0.1, 0.15) is 0 Å². The van der Waals surface area contributed by atoms with Gasteiger partial charge in [-0.3, -0.25) is 9.59 Å². The van der Waals surface area contributed by atoms with Crippen LogP contribution in [0.15, 0.2) is 36.5 Å². The number of aliphatic hydroxyl groups is 2. The molecule has 0 rings (SSSR count). The fourth-order valence-electron chi connectivity index (χ4n) is 8.55. The predicted molar refractivity (Wildman–Crippen MR) is 278 cm³/mol. The third-order valence-electron chi connectivity index (χ3n) is 12.9. The van der Waals surface area contributed by atoms with E-state index in [1.54, 1.807) is 0 Å². The van der Waals surface area contributed by atoms with Crippen molar-refractivity contribution in [1.82, 2.24) is 5.32 Å². The number of amides is 1. The molecule has 0 aliphatic rings. The molecule has 0 saturated carbocycles. The molecule has 0 aromatic rings. The van der Waals surface area contributed by atoms with Gasteiger partial charge >= 0.3 is 5.97 Å². The summed E-state index contributed by atoms with van der Waals surface area (Å²) >= 11 is 0. The van der Waals surface area contributed by atoms with Crippen LogP contribution in [0.5, 0.6) is 0 Å². The van der Waals surface area contributed by atoms with Gasteiger partial charge < -0.3 is 20.3 Å². The lowest BCUT2D eigenvalue weighted by Gasteiger charge is -2.22. The van der Waals surface area contributed by atoms with Crippen LogP contribution in [0.1, 0.15) is 296 Å². The first-order chi connectivity index (χ1) is 31.5. The largest absolute Gasteiger partial charge is 0.466 e. The number of carbonyl (C=O) groups is 2. The lowest BCUT2D eigenvalue weighted by Crippen LogP contribution is -2.45. The number of unbranched alkanes of at least 4 members (excludes halogenated alkanes) is 35. The summed E-state index contributed by atoms with van der Waals surface area (Å²) in [4.78, 5) is 24.5. The van der Waals surface area contributed by atoms with Gasteiger partial charge in [0.15, 0.2) is 0 Å². The predicted octanol–water partition coefficient (Wildman–Crippen LogP) is 17.2. The van der Waals surface area contributed by atoms with E-state index in [-0.39, 0.29) is 18.5 Å². The van der Waals surface area contributed by atoms with E-state index in [0.717, 1.165) is 89.9 Å². The van der Waals surface area contributed by atoms with Gasteiger partial charge in [0.25, 0.3) is 0 Å². The van der Waals surface area contributed by atoms with Crippen LogP contribution in [0.3, 0.4) is 0 Å². The minimum atomic E-state index is -0.688. The molecule has 6 nitrogen and oxygen atoms in total. The summed E-state index contributed by atoms with van der Waals surface area (Å²) in [6, 6.07) is -0.569. The molecule has 1 amide bonds. The molecule has 2 unspecified atom stereocenters. The zero-order valence-corrected chi connectivity index (χ0v) is 42.8. The molecule has 376 valence electrons. The number of rotatable bonds is 52. The van der Waals surface area contributed by atoms with Crippen LogP contribution >= 0.6 is 0 Å². The molecule has 0 aliphatic heterocycles. The van der Waals surface area contributed by atoms with Gasteiger partial charge in [0.2, 0.25) is 5.91 Å². The molecule has 0 aromatic carbocycles. The number of carbonyl (C=O) groups excluding carboxylic acids is 2. The molecule has 0 fully saturated rings. The van der Waals surface area contributed by atoms with Gasteiger partial charge in [-0.05, 0) is 77.0 Å². The first-order valence-electron chi connectivity index (χ1n) is 28.2. The topological polar surface area (TPSA) is 95.9 Å². The average Bonchev–Trinajstić information content (AvgIpc) is 3.29. The zero-order valence-electron chi connectivity index (χ0n) is 42.8. The van der Waals surface area contributed by atoms with E-state index < -0.39 is 12.1 Å². The maximum Gasteiger partial charge on any atom is 0.305 e. The molecule has 0 radical (unpaired) electrons. The molecular formula is C58H109NO5. The number of hydrogen-bond donors (Lipinski definition) is 3. The van der Waals surface area contributed by atoms with Gasteiger partial charge in [0.05, 0.1) is 25.4 Å². The highest BCUT2D eigenvalue weighted by molar-refractivity contribution is 5.76. The molecule has 0 aliphatic carbocycles. The lowest BCUT2D eigenvalue weighted by atomic mass is 10.0. The van der Waals surface area contributed by atoms with Crippen molar-refractivity contribution >= 4 is 11.9 Å². The Balaban J connectivity index is 3.51. The average molecular weight is 901 g/mol. The van der Waals surface area contributed by atoms with Crippen LogP contribution in [0.4, 0.5) is 0 Å².